The molecule has 0 saturated carbocycles. The zero-order valence-corrected chi connectivity index (χ0v) is 9.99. The van der Waals surface area contributed by atoms with Gasteiger partial charge in [0.05, 0.1) is 0 Å². The molecule has 1 aliphatic heterocycles. The van der Waals surface area contributed by atoms with Gasteiger partial charge in [0.15, 0.2) is 0 Å². The Morgan fingerprint density at radius 3 is 3.13 bits per heavy atom. The van der Waals surface area contributed by atoms with E-state index in [-0.39, 0.29) is 0 Å². The van der Waals surface area contributed by atoms with Crippen molar-refractivity contribution >= 4 is 11.8 Å². The molecule has 1 aliphatic rings. The molecule has 0 fully saturated rings. The fourth-order valence-electron chi connectivity index (χ4n) is 2.11. The fourth-order valence-corrected chi connectivity index (χ4v) is 2.63. The number of hydrogen-bond acceptors (Lipinski definition) is 2. The van der Waals surface area contributed by atoms with Crippen LogP contribution >= 0.6 is 11.8 Å². The van der Waals surface area contributed by atoms with E-state index in [0.717, 1.165) is 25.9 Å². The first-order chi connectivity index (χ1) is 7.35. The highest BCUT2D eigenvalue weighted by molar-refractivity contribution is 7.98. The van der Waals surface area contributed by atoms with E-state index in [2.05, 4.69) is 30.3 Å². The van der Waals surface area contributed by atoms with E-state index in [9.17, 15) is 0 Å². The molecule has 80 valence electrons. The first-order valence-electron chi connectivity index (χ1n) is 5.35. The zero-order valence-electron chi connectivity index (χ0n) is 9.18. The second-order valence-corrected chi connectivity index (χ2v) is 4.72. The predicted molar refractivity (Wildman–Crippen MR) is 67.5 cm³/mol. The standard InChI is InChI=1S/C13H17NS/c1-3-4-10-7-12(15-2)8-11-5-6-14-9-13(10)11/h3,7-8,14H,1,4-6,9H2,2H3. The minimum absolute atomic E-state index is 0.985. The van der Waals surface area contributed by atoms with Crippen LogP contribution in [0.2, 0.25) is 0 Å². The van der Waals surface area contributed by atoms with Crippen LogP contribution in [0.5, 0.6) is 0 Å². The maximum atomic E-state index is 3.83. The van der Waals surface area contributed by atoms with Crippen LogP contribution in [0.15, 0.2) is 29.7 Å². The lowest BCUT2D eigenvalue weighted by atomic mass is 9.94. The normalized spacial score (nSPS) is 14.7. The molecule has 1 N–H and O–H groups in total. The third kappa shape index (κ3) is 2.27. The summed E-state index contributed by atoms with van der Waals surface area (Å²) in [5.74, 6) is 0. The van der Waals surface area contributed by atoms with Crippen LogP contribution in [0, 0.1) is 0 Å². The third-order valence-electron chi connectivity index (χ3n) is 2.88. The van der Waals surface area contributed by atoms with Gasteiger partial charge in [-0.2, -0.15) is 0 Å². The largest absolute Gasteiger partial charge is 0.312 e. The second-order valence-electron chi connectivity index (χ2n) is 3.84. The summed E-state index contributed by atoms with van der Waals surface area (Å²) >= 11 is 1.83. The molecule has 0 spiro atoms. The monoisotopic (exact) mass is 219 g/mol. The van der Waals surface area contributed by atoms with Crippen molar-refractivity contribution in [1.29, 1.82) is 0 Å². The molecule has 0 radical (unpaired) electrons. The summed E-state index contributed by atoms with van der Waals surface area (Å²) in [6, 6.07) is 4.64. The summed E-state index contributed by atoms with van der Waals surface area (Å²) in [7, 11) is 0. The summed E-state index contributed by atoms with van der Waals surface area (Å²) in [6.07, 6.45) is 6.28. The Labute approximate surface area is 96.0 Å². The number of allylic oxidation sites excluding steroid dienone is 1. The Balaban J connectivity index is 2.45. The van der Waals surface area contributed by atoms with Crippen molar-refractivity contribution in [1.82, 2.24) is 5.32 Å². The van der Waals surface area contributed by atoms with Crippen LogP contribution in [-0.4, -0.2) is 12.8 Å². The Kier molecular flexibility index (Phi) is 3.49. The molecule has 15 heavy (non-hydrogen) atoms. The minimum Gasteiger partial charge on any atom is -0.312 e. The Hall–Kier alpha value is -0.730. The lowest BCUT2D eigenvalue weighted by Crippen LogP contribution is -2.24. The SMILES string of the molecule is C=CCc1cc(SC)cc2c1CNCC2. The van der Waals surface area contributed by atoms with Gasteiger partial charge in [0.2, 0.25) is 0 Å². The van der Waals surface area contributed by atoms with Crippen molar-refractivity contribution in [3.63, 3.8) is 0 Å². The summed E-state index contributed by atoms with van der Waals surface area (Å²) in [5.41, 5.74) is 4.47. The molecule has 1 heterocycles. The van der Waals surface area contributed by atoms with Gasteiger partial charge in [0.25, 0.3) is 0 Å². The van der Waals surface area contributed by atoms with E-state index in [0.29, 0.717) is 0 Å². The smallest absolute Gasteiger partial charge is 0.0211 e. The molecule has 0 bridgehead atoms. The Morgan fingerprint density at radius 2 is 2.40 bits per heavy atom. The average Bonchev–Trinajstić information content (AvgIpc) is 2.29. The number of thioether (sulfide) groups is 1. The highest BCUT2D eigenvalue weighted by Crippen LogP contribution is 2.26. The van der Waals surface area contributed by atoms with Crippen LogP contribution < -0.4 is 5.32 Å². The summed E-state index contributed by atoms with van der Waals surface area (Å²) < 4.78 is 0. The molecule has 0 aliphatic carbocycles. The first kappa shape index (κ1) is 10.8. The van der Waals surface area contributed by atoms with Gasteiger partial charge >= 0.3 is 0 Å². The van der Waals surface area contributed by atoms with E-state index in [4.69, 9.17) is 0 Å². The highest BCUT2D eigenvalue weighted by atomic mass is 32.2. The van der Waals surface area contributed by atoms with E-state index >= 15 is 0 Å². The predicted octanol–water partition coefficient (Wildman–Crippen LogP) is 2.78. The summed E-state index contributed by atoms with van der Waals surface area (Å²) in [6.45, 7) is 5.96. The first-order valence-corrected chi connectivity index (χ1v) is 6.58. The molecule has 0 unspecified atom stereocenters. The molecule has 1 aromatic rings. The summed E-state index contributed by atoms with van der Waals surface area (Å²) in [5, 5.41) is 3.44. The summed E-state index contributed by atoms with van der Waals surface area (Å²) in [4.78, 5) is 1.38. The molecule has 2 heteroatoms. The van der Waals surface area contributed by atoms with Crippen molar-refractivity contribution in [2.75, 3.05) is 12.8 Å². The number of rotatable bonds is 3. The minimum atomic E-state index is 0.985. The number of fused-ring (bicyclic) bond motifs is 1. The van der Waals surface area contributed by atoms with Crippen LogP contribution in [-0.2, 0) is 19.4 Å². The number of benzene rings is 1. The maximum Gasteiger partial charge on any atom is 0.0211 e. The topological polar surface area (TPSA) is 12.0 Å². The van der Waals surface area contributed by atoms with Crippen molar-refractivity contribution in [2.45, 2.75) is 24.3 Å². The van der Waals surface area contributed by atoms with Crippen LogP contribution in [0.1, 0.15) is 16.7 Å². The van der Waals surface area contributed by atoms with Gasteiger partial charge in [-0.1, -0.05) is 6.08 Å². The zero-order chi connectivity index (χ0) is 10.7. The van der Waals surface area contributed by atoms with E-state index in [1.54, 1.807) is 0 Å². The van der Waals surface area contributed by atoms with Gasteiger partial charge in [-0.25, -0.2) is 0 Å². The molecule has 0 saturated heterocycles. The van der Waals surface area contributed by atoms with E-state index in [1.165, 1.54) is 21.6 Å². The second kappa shape index (κ2) is 4.86. The van der Waals surface area contributed by atoms with E-state index in [1.807, 2.05) is 17.8 Å². The number of hydrogen-bond donors (Lipinski definition) is 1. The van der Waals surface area contributed by atoms with Crippen molar-refractivity contribution in [3.05, 3.63) is 41.5 Å². The molecular formula is C13H17NS. The maximum absolute atomic E-state index is 3.83. The van der Waals surface area contributed by atoms with Gasteiger partial charge < -0.3 is 5.32 Å². The van der Waals surface area contributed by atoms with Crippen molar-refractivity contribution < 1.29 is 0 Å². The van der Waals surface area contributed by atoms with Gasteiger partial charge in [0, 0.05) is 11.4 Å². The number of nitrogens with one attached hydrogen (secondary N) is 1. The molecule has 0 atom stereocenters. The Morgan fingerprint density at radius 1 is 1.53 bits per heavy atom. The van der Waals surface area contributed by atoms with Crippen LogP contribution in [0.3, 0.4) is 0 Å². The third-order valence-corrected chi connectivity index (χ3v) is 3.59. The van der Waals surface area contributed by atoms with Crippen LogP contribution in [0.25, 0.3) is 0 Å². The molecule has 0 aromatic heterocycles. The quantitative estimate of drug-likeness (QED) is 0.620. The van der Waals surface area contributed by atoms with Gasteiger partial charge in [0.1, 0.15) is 0 Å². The molecule has 2 rings (SSSR count). The van der Waals surface area contributed by atoms with Crippen LogP contribution in [0.4, 0.5) is 0 Å². The Bertz CT molecular complexity index is 371. The molecule has 1 nitrogen and oxygen atoms in total. The molecule has 1 aromatic carbocycles. The lowest BCUT2D eigenvalue weighted by molar-refractivity contribution is 0.637. The average molecular weight is 219 g/mol. The van der Waals surface area contributed by atoms with E-state index < -0.39 is 0 Å². The van der Waals surface area contributed by atoms with Gasteiger partial charge in [-0.05, 0) is 54.5 Å². The fraction of sp³-hybridized carbons (Fsp3) is 0.385. The van der Waals surface area contributed by atoms with Crippen molar-refractivity contribution in [3.8, 4) is 0 Å². The van der Waals surface area contributed by atoms with Gasteiger partial charge in [-0.15, -0.1) is 18.3 Å². The van der Waals surface area contributed by atoms with Gasteiger partial charge in [-0.3, -0.25) is 0 Å². The molecular weight excluding hydrogens is 202 g/mol. The lowest BCUT2D eigenvalue weighted by Gasteiger charge is -2.21. The molecule has 0 amide bonds. The highest BCUT2D eigenvalue weighted by Gasteiger charge is 2.13. The van der Waals surface area contributed by atoms with Crippen molar-refractivity contribution in [2.24, 2.45) is 0 Å².